The highest BCUT2D eigenvalue weighted by Gasteiger charge is 2.12. The summed E-state index contributed by atoms with van der Waals surface area (Å²) in [7, 11) is 0. The third-order valence-corrected chi connectivity index (χ3v) is 1.29. The van der Waals surface area contributed by atoms with Crippen molar-refractivity contribution in [1.82, 2.24) is 0 Å². The maximum atomic E-state index is 8.52. The van der Waals surface area contributed by atoms with E-state index in [2.05, 4.69) is 4.99 Å². The minimum absolute atomic E-state index is 0. The van der Waals surface area contributed by atoms with Gasteiger partial charge in [0.15, 0.2) is 0 Å². The van der Waals surface area contributed by atoms with Crippen LogP contribution in [0.1, 0.15) is 12.8 Å². The topological polar surface area (TPSA) is 58.6 Å². The molecule has 0 aliphatic carbocycles. The Morgan fingerprint density at radius 3 is 2.67 bits per heavy atom. The lowest BCUT2D eigenvalue weighted by atomic mass is 10.2. The van der Waals surface area contributed by atoms with Crippen LogP contribution in [0.4, 0.5) is 0 Å². The zero-order valence-corrected chi connectivity index (χ0v) is 5.90. The van der Waals surface area contributed by atoms with Crippen molar-refractivity contribution in [3.63, 3.8) is 0 Å². The van der Waals surface area contributed by atoms with Gasteiger partial charge in [0.05, 0.1) is 18.5 Å². The van der Waals surface area contributed by atoms with Gasteiger partial charge in [0, 0.05) is 6.42 Å². The molecule has 0 aromatic rings. The second-order valence-corrected chi connectivity index (χ2v) is 2.00. The number of aliphatic hydroxyl groups is 1. The van der Waals surface area contributed by atoms with E-state index in [4.69, 9.17) is 10.8 Å². The van der Waals surface area contributed by atoms with E-state index in [0.29, 0.717) is 5.84 Å². The van der Waals surface area contributed by atoms with Crippen molar-refractivity contribution in [2.24, 2.45) is 10.7 Å². The van der Waals surface area contributed by atoms with Crippen LogP contribution in [0.3, 0.4) is 0 Å². The quantitative estimate of drug-likeness (QED) is 0.550. The summed E-state index contributed by atoms with van der Waals surface area (Å²) in [4.78, 5) is 3.95. The maximum absolute atomic E-state index is 8.52. The van der Waals surface area contributed by atoms with Crippen LogP contribution in [0.2, 0.25) is 0 Å². The van der Waals surface area contributed by atoms with Gasteiger partial charge in [0.25, 0.3) is 0 Å². The summed E-state index contributed by atoms with van der Waals surface area (Å²) >= 11 is 0. The lowest BCUT2D eigenvalue weighted by Crippen LogP contribution is -2.07. The molecule has 0 radical (unpaired) electrons. The summed E-state index contributed by atoms with van der Waals surface area (Å²) in [6, 6.07) is 0.0926. The molecule has 3 N–H and O–H groups in total. The lowest BCUT2D eigenvalue weighted by molar-refractivity contribution is 0.267. The lowest BCUT2D eigenvalue weighted by Gasteiger charge is -1.95. The van der Waals surface area contributed by atoms with Gasteiger partial charge in [-0.2, -0.15) is 0 Å². The Morgan fingerprint density at radius 2 is 2.44 bits per heavy atom. The normalized spacial score (nSPS) is 25.0. The predicted molar refractivity (Wildman–Crippen MR) is 39.0 cm³/mol. The monoisotopic (exact) mass is 150 g/mol. The first-order valence-electron chi connectivity index (χ1n) is 2.76. The van der Waals surface area contributed by atoms with E-state index < -0.39 is 0 Å². The molecule has 0 saturated heterocycles. The van der Waals surface area contributed by atoms with Crippen molar-refractivity contribution < 1.29 is 5.11 Å². The van der Waals surface area contributed by atoms with Crippen LogP contribution < -0.4 is 5.73 Å². The van der Waals surface area contributed by atoms with Crippen molar-refractivity contribution in [2.45, 2.75) is 18.9 Å². The Labute approximate surface area is 60.4 Å². The van der Waals surface area contributed by atoms with Crippen molar-refractivity contribution in [3.05, 3.63) is 0 Å². The fraction of sp³-hybridized carbons (Fsp3) is 0.800. The van der Waals surface area contributed by atoms with Gasteiger partial charge in [-0.1, -0.05) is 0 Å². The third kappa shape index (κ3) is 2.20. The summed E-state index contributed by atoms with van der Waals surface area (Å²) in [6.45, 7) is 0.140. The summed E-state index contributed by atoms with van der Waals surface area (Å²) in [5, 5.41) is 8.52. The molecule has 0 bridgehead atoms. The summed E-state index contributed by atoms with van der Waals surface area (Å²) < 4.78 is 0. The zero-order valence-electron chi connectivity index (χ0n) is 5.08. The van der Waals surface area contributed by atoms with Gasteiger partial charge in [-0.25, -0.2) is 0 Å². The van der Waals surface area contributed by atoms with Crippen molar-refractivity contribution in [2.75, 3.05) is 6.61 Å². The van der Waals surface area contributed by atoms with Crippen LogP contribution in [-0.2, 0) is 0 Å². The first-order chi connectivity index (χ1) is 3.83. The molecule has 1 aliphatic rings. The molecule has 1 atom stereocenters. The number of rotatable bonds is 1. The van der Waals surface area contributed by atoms with E-state index in [1.807, 2.05) is 0 Å². The van der Waals surface area contributed by atoms with E-state index in [0.717, 1.165) is 12.8 Å². The van der Waals surface area contributed by atoms with Crippen LogP contribution in [0.5, 0.6) is 0 Å². The zero-order chi connectivity index (χ0) is 5.98. The average molecular weight is 151 g/mol. The first-order valence-corrected chi connectivity index (χ1v) is 2.76. The van der Waals surface area contributed by atoms with Crippen molar-refractivity contribution in [1.29, 1.82) is 0 Å². The van der Waals surface area contributed by atoms with Gasteiger partial charge in [-0.05, 0) is 6.42 Å². The fourth-order valence-electron chi connectivity index (χ4n) is 0.810. The van der Waals surface area contributed by atoms with Crippen LogP contribution in [0.25, 0.3) is 0 Å². The Morgan fingerprint density at radius 1 is 1.78 bits per heavy atom. The molecule has 54 valence electrons. The Hall–Kier alpha value is -0.280. The van der Waals surface area contributed by atoms with Crippen LogP contribution in [0.15, 0.2) is 4.99 Å². The van der Waals surface area contributed by atoms with Crippen LogP contribution >= 0.6 is 12.4 Å². The highest BCUT2D eigenvalue weighted by atomic mass is 35.5. The molecule has 0 aromatic heterocycles. The third-order valence-electron chi connectivity index (χ3n) is 1.29. The van der Waals surface area contributed by atoms with Gasteiger partial charge in [-0.15, -0.1) is 12.4 Å². The van der Waals surface area contributed by atoms with Crippen LogP contribution in [0, 0.1) is 0 Å². The fourth-order valence-corrected chi connectivity index (χ4v) is 0.810. The number of aliphatic imine (C=N–C) groups is 1. The number of halogens is 1. The molecule has 0 fully saturated rings. The molecular weight excluding hydrogens is 140 g/mol. The molecule has 9 heavy (non-hydrogen) atoms. The van der Waals surface area contributed by atoms with Gasteiger partial charge in [0.2, 0.25) is 0 Å². The number of amidine groups is 1. The summed E-state index contributed by atoms with van der Waals surface area (Å²) in [5.74, 6) is 0.684. The molecule has 3 nitrogen and oxygen atoms in total. The second-order valence-electron chi connectivity index (χ2n) is 2.00. The summed E-state index contributed by atoms with van der Waals surface area (Å²) in [5.41, 5.74) is 5.34. The van der Waals surface area contributed by atoms with Gasteiger partial charge >= 0.3 is 0 Å². The number of aliphatic hydroxyl groups excluding tert-OH is 1. The molecule has 1 rings (SSSR count). The van der Waals surface area contributed by atoms with Gasteiger partial charge in [0.1, 0.15) is 0 Å². The molecule has 0 aromatic carbocycles. The average Bonchev–Trinajstić information content (AvgIpc) is 2.14. The Balaban J connectivity index is 0.000000640. The first kappa shape index (κ1) is 8.72. The standard InChI is InChI=1S/C5H10N2O.ClH/c6-5-2-1-4(3-8)7-5;/h4,8H,1-3H2,(H2,6,7);1H/t4-;/m1./s1. The molecule has 0 amide bonds. The molecule has 1 heterocycles. The van der Waals surface area contributed by atoms with E-state index in [1.165, 1.54) is 0 Å². The second kappa shape index (κ2) is 3.69. The molecule has 0 spiro atoms. The summed E-state index contributed by atoms with van der Waals surface area (Å²) in [6.07, 6.45) is 1.77. The molecule has 1 aliphatic heterocycles. The highest BCUT2D eigenvalue weighted by molar-refractivity contribution is 5.85. The minimum Gasteiger partial charge on any atom is -0.394 e. The van der Waals surface area contributed by atoms with E-state index in [1.54, 1.807) is 0 Å². The number of nitrogens with two attached hydrogens (primary N) is 1. The smallest absolute Gasteiger partial charge is 0.0942 e. The largest absolute Gasteiger partial charge is 0.394 e. The maximum Gasteiger partial charge on any atom is 0.0942 e. The van der Waals surface area contributed by atoms with Crippen LogP contribution in [-0.4, -0.2) is 23.6 Å². The van der Waals surface area contributed by atoms with Crippen molar-refractivity contribution in [3.8, 4) is 0 Å². The van der Waals surface area contributed by atoms with Crippen molar-refractivity contribution >= 4 is 18.2 Å². The highest BCUT2D eigenvalue weighted by Crippen LogP contribution is 2.08. The van der Waals surface area contributed by atoms with E-state index in [-0.39, 0.29) is 25.1 Å². The Bertz CT molecular complexity index is 116. The predicted octanol–water partition coefficient (Wildman–Crippen LogP) is -0.0799. The SMILES string of the molecule is Cl.NC1=N[C@@H](CO)CC1. The number of nitrogens with zero attached hydrogens (tertiary/aromatic N) is 1. The van der Waals surface area contributed by atoms with Gasteiger partial charge < -0.3 is 10.8 Å². The van der Waals surface area contributed by atoms with Gasteiger partial charge in [-0.3, -0.25) is 4.99 Å². The number of hydrogen-bond donors (Lipinski definition) is 2. The minimum atomic E-state index is 0. The Kier molecular flexibility index (Phi) is 3.58. The number of hydrogen-bond acceptors (Lipinski definition) is 3. The molecule has 0 saturated carbocycles. The molecular formula is C5H11ClN2O. The van der Waals surface area contributed by atoms with E-state index >= 15 is 0 Å². The molecule has 4 heteroatoms. The van der Waals surface area contributed by atoms with E-state index in [9.17, 15) is 0 Å². The molecule has 0 unspecified atom stereocenters.